The summed E-state index contributed by atoms with van der Waals surface area (Å²) in [5.41, 5.74) is 0.893. The number of hydrogen-bond acceptors (Lipinski definition) is 7. The van der Waals surface area contributed by atoms with Gasteiger partial charge < -0.3 is 30.3 Å². The summed E-state index contributed by atoms with van der Waals surface area (Å²) in [5, 5.41) is 8.45. The third-order valence-electron chi connectivity index (χ3n) is 8.07. The monoisotopic (exact) mass is 702 g/mol. The molecule has 0 fully saturated rings. The van der Waals surface area contributed by atoms with Gasteiger partial charge in [0.05, 0.1) is 14.2 Å². The summed E-state index contributed by atoms with van der Waals surface area (Å²) in [5.74, 6) is 0.555. The number of ether oxygens (including phenoxy) is 2. The molecule has 1 aliphatic heterocycles. The maximum absolute atomic E-state index is 13.6. The Balaban J connectivity index is 0.00000210. The number of methoxy groups -OCH3 is 2. The number of hydrogen-bond donors (Lipinski definition) is 3. The minimum atomic E-state index is -0.570. The number of rotatable bonds is 11. The summed E-state index contributed by atoms with van der Waals surface area (Å²) in [6, 6.07) is 5.06. The highest BCUT2D eigenvalue weighted by Crippen LogP contribution is 2.26. The fraction of sp³-hybridized carbons (Fsp3) is 0.667. The van der Waals surface area contributed by atoms with Crippen LogP contribution >= 0.6 is 0 Å². The van der Waals surface area contributed by atoms with Gasteiger partial charge in [0.15, 0.2) is 0 Å². The second-order valence-corrected chi connectivity index (χ2v) is 13.1. The Kier molecular flexibility index (Phi) is 24.8. The Morgan fingerprint density at radius 2 is 1.72 bits per heavy atom. The van der Waals surface area contributed by atoms with Crippen molar-refractivity contribution in [2.24, 2.45) is 17.8 Å². The van der Waals surface area contributed by atoms with Crippen LogP contribution in [0.5, 0.6) is 11.5 Å². The van der Waals surface area contributed by atoms with Crippen molar-refractivity contribution >= 4 is 29.9 Å². The first-order valence-corrected chi connectivity index (χ1v) is 18.3. The predicted molar refractivity (Wildman–Crippen MR) is 200 cm³/mol. The predicted octanol–water partition coefficient (Wildman–Crippen LogP) is 5.99. The molecule has 0 aromatic heterocycles. The Hall–Kier alpha value is -3.89. The van der Waals surface area contributed by atoms with Gasteiger partial charge >= 0.3 is 0 Å². The van der Waals surface area contributed by atoms with E-state index in [4.69, 9.17) is 9.47 Å². The van der Waals surface area contributed by atoms with Crippen molar-refractivity contribution < 1.29 is 33.4 Å². The number of carbonyl (C=O) groups excluding carboxylic acids is 5. The zero-order valence-corrected chi connectivity index (χ0v) is 32.4. The second kappa shape index (κ2) is 26.9. The fourth-order valence-electron chi connectivity index (χ4n) is 5.56. The first-order valence-electron chi connectivity index (χ1n) is 18.3. The highest BCUT2D eigenvalue weighted by atomic mass is 16.5. The molecule has 0 bridgehead atoms. The molecule has 3 atom stereocenters. The zero-order valence-electron chi connectivity index (χ0n) is 32.4. The van der Waals surface area contributed by atoms with Crippen molar-refractivity contribution in [2.45, 2.75) is 125 Å². The van der Waals surface area contributed by atoms with Crippen LogP contribution in [-0.4, -0.2) is 74.7 Å². The number of carbonyl (C=O) groups is 5. The van der Waals surface area contributed by atoms with Gasteiger partial charge in [-0.15, -0.1) is 0 Å². The van der Waals surface area contributed by atoms with E-state index >= 15 is 0 Å². The SMILES string of the molecule is CC.CC(C)NC(=O)C=O.CCCC1CCCC/C=C/CC(C(=O)N(C)Cc2ccc(OC)cc2OC)CCNC(=O)C(CC(C)C)NC1=O. The van der Waals surface area contributed by atoms with Crippen LogP contribution in [0.2, 0.25) is 0 Å². The van der Waals surface area contributed by atoms with Gasteiger partial charge in [0.2, 0.25) is 24.0 Å². The molecular formula is C39H66N4O7. The molecular weight excluding hydrogens is 636 g/mol. The minimum absolute atomic E-state index is 0.0195. The average molecular weight is 703 g/mol. The zero-order chi connectivity index (χ0) is 38.1. The fourth-order valence-corrected chi connectivity index (χ4v) is 5.56. The largest absolute Gasteiger partial charge is 0.497 e. The van der Waals surface area contributed by atoms with E-state index in [1.54, 1.807) is 40.0 Å². The normalized spacial score (nSPS) is 19.3. The van der Waals surface area contributed by atoms with Crippen LogP contribution in [-0.2, 0) is 30.5 Å². The summed E-state index contributed by atoms with van der Waals surface area (Å²) in [6.07, 6.45) is 11.7. The summed E-state index contributed by atoms with van der Waals surface area (Å²) in [4.78, 5) is 61.3. The molecule has 1 aliphatic rings. The summed E-state index contributed by atoms with van der Waals surface area (Å²) >= 11 is 0. The Morgan fingerprint density at radius 3 is 2.28 bits per heavy atom. The van der Waals surface area contributed by atoms with Crippen molar-refractivity contribution in [2.75, 3.05) is 27.8 Å². The van der Waals surface area contributed by atoms with E-state index < -0.39 is 11.9 Å². The maximum Gasteiger partial charge on any atom is 0.284 e. The van der Waals surface area contributed by atoms with E-state index in [0.29, 0.717) is 43.9 Å². The second-order valence-electron chi connectivity index (χ2n) is 13.1. The molecule has 11 heteroatoms. The van der Waals surface area contributed by atoms with Crippen molar-refractivity contribution in [1.82, 2.24) is 20.9 Å². The number of nitrogens with one attached hydrogen (secondary N) is 3. The van der Waals surface area contributed by atoms with Crippen molar-refractivity contribution in [3.63, 3.8) is 0 Å². The van der Waals surface area contributed by atoms with Crippen LogP contribution in [0.3, 0.4) is 0 Å². The summed E-state index contributed by atoms with van der Waals surface area (Å²) in [7, 11) is 5.01. The van der Waals surface area contributed by atoms with Gasteiger partial charge in [0.25, 0.3) is 5.91 Å². The number of allylic oxidation sites excluding steroid dienone is 2. The van der Waals surface area contributed by atoms with Crippen LogP contribution in [0.4, 0.5) is 0 Å². The van der Waals surface area contributed by atoms with Crippen LogP contribution in [0.15, 0.2) is 30.4 Å². The van der Waals surface area contributed by atoms with Gasteiger partial charge in [-0.3, -0.25) is 24.0 Å². The third-order valence-corrected chi connectivity index (χ3v) is 8.07. The van der Waals surface area contributed by atoms with E-state index in [-0.39, 0.29) is 47.8 Å². The maximum atomic E-state index is 13.6. The highest BCUT2D eigenvalue weighted by Gasteiger charge is 2.27. The third kappa shape index (κ3) is 18.8. The molecule has 1 aromatic rings. The molecule has 1 aromatic carbocycles. The molecule has 284 valence electrons. The first-order chi connectivity index (χ1) is 23.9. The topological polar surface area (TPSA) is 143 Å². The number of nitrogens with zero attached hydrogens (tertiary/aromatic N) is 1. The molecule has 0 radical (unpaired) electrons. The molecule has 4 amide bonds. The standard InChI is InChI=1S/C32H51N3O5.C5H9NO2.C2H6/c1-7-13-24-14-11-9-8-10-12-15-25(18-19-33-31(37)28(20-23(2)3)34-30(24)36)32(38)35(4)22-26-16-17-27(39-5)21-29(26)40-6;1-4(2)6-5(8)3-7;1-2/h10,12,16-17,21,23-25,28H,7-9,11,13-15,18-20,22H2,1-6H3,(H,33,37)(H,34,36);3-4H,1-2H3,(H,6,8);1-2H3/b12-10+;;. The molecule has 0 saturated carbocycles. The van der Waals surface area contributed by atoms with Gasteiger partial charge in [-0.2, -0.15) is 0 Å². The molecule has 0 spiro atoms. The van der Waals surface area contributed by atoms with E-state index in [1.165, 1.54) is 0 Å². The Labute approximate surface area is 301 Å². The molecule has 0 saturated heterocycles. The summed E-state index contributed by atoms with van der Waals surface area (Å²) < 4.78 is 10.8. The van der Waals surface area contributed by atoms with E-state index in [9.17, 15) is 24.0 Å². The Morgan fingerprint density at radius 1 is 1.02 bits per heavy atom. The van der Waals surface area contributed by atoms with Crippen LogP contribution in [0.25, 0.3) is 0 Å². The smallest absolute Gasteiger partial charge is 0.284 e. The average Bonchev–Trinajstić information content (AvgIpc) is 3.09. The quantitative estimate of drug-likeness (QED) is 0.146. The molecule has 2 rings (SSSR count). The van der Waals surface area contributed by atoms with E-state index in [0.717, 1.165) is 44.1 Å². The van der Waals surface area contributed by atoms with Crippen molar-refractivity contribution in [3.8, 4) is 11.5 Å². The highest BCUT2D eigenvalue weighted by molar-refractivity contribution is 6.23. The van der Waals surface area contributed by atoms with E-state index in [1.807, 2.05) is 32.0 Å². The summed E-state index contributed by atoms with van der Waals surface area (Å²) in [6.45, 7) is 14.6. The molecule has 3 unspecified atom stereocenters. The van der Waals surface area contributed by atoms with Gasteiger partial charge in [-0.1, -0.05) is 59.6 Å². The molecule has 50 heavy (non-hydrogen) atoms. The van der Waals surface area contributed by atoms with Crippen LogP contribution in [0.1, 0.15) is 112 Å². The Bertz CT molecular complexity index is 1180. The van der Waals surface area contributed by atoms with Gasteiger partial charge in [0, 0.05) is 49.6 Å². The van der Waals surface area contributed by atoms with Gasteiger partial charge in [-0.05, 0) is 76.8 Å². The van der Waals surface area contributed by atoms with Crippen molar-refractivity contribution in [1.29, 1.82) is 0 Å². The molecule has 11 nitrogen and oxygen atoms in total. The van der Waals surface area contributed by atoms with Gasteiger partial charge in [0.1, 0.15) is 17.5 Å². The lowest BCUT2D eigenvalue weighted by Gasteiger charge is -2.26. The lowest BCUT2D eigenvalue weighted by Crippen LogP contribution is -2.49. The number of aldehydes is 1. The number of amides is 4. The van der Waals surface area contributed by atoms with Crippen molar-refractivity contribution in [3.05, 3.63) is 35.9 Å². The van der Waals surface area contributed by atoms with Gasteiger partial charge in [-0.25, -0.2) is 0 Å². The van der Waals surface area contributed by atoms with Crippen LogP contribution in [0, 0.1) is 17.8 Å². The lowest BCUT2D eigenvalue weighted by atomic mass is 9.94. The molecule has 3 N–H and O–H groups in total. The molecule has 0 aliphatic carbocycles. The van der Waals surface area contributed by atoms with Crippen LogP contribution < -0.4 is 25.4 Å². The lowest BCUT2D eigenvalue weighted by molar-refractivity contribution is -0.135. The first kappa shape index (κ1) is 46.1. The van der Waals surface area contributed by atoms with E-state index in [2.05, 4.69) is 48.9 Å². The minimum Gasteiger partial charge on any atom is -0.497 e. The number of benzene rings is 1. The molecule has 1 heterocycles.